The summed E-state index contributed by atoms with van der Waals surface area (Å²) in [5, 5.41) is 12.0. The molecule has 1 aromatic carbocycles. The van der Waals surface area contributed by atoms with Crippen LogP contribution in [0.3, 0.4) is 0 Å². The summed E-state index contributed by atoms with van der Waals surface area (Å²) in [5.74, 6) is -0.863. The van der Waals surface area contributed by atoms with E-state index < -0.39 is 12.0 Å². The molecule has 1 aliphatic rings. The van der Waals surface area contributed by atoms with Crippen molar-refractivity contribution in [3.8, 4) is 0 Å². The van der Waals surface area contributed by atoms with Crippen molar-refractivity contribution in [2.24, 2.45) is 0 Å². The van der Waals surface area contributed by atoms with E-state index in [1.165, 1.54) is 0 Å². The third-order valence-electron chi connectivity index (χ3n) is 3.09. The Hall–Kier alpha value is -1.88. The molecule has 2 rings (SSSR count). The molecule has 0 aliphatic carbocycles. The first kappa shape index (κ1) is 12.6. The number of carboxylic acids is 1. The number of rotatable bonds is 3. The van der Waals surface area contributed by atoms with E-state index in [1.54, 1.807) is 31.1 Å². The van der Waals surface area contributed by atoms with Crippen LogP contribution in [0.1, 0.15) is 23.6 Å². The number of likely N-dealkylation sites (N-methyl/N-ethyl adjacent to an activating group) is 1. The Kier molecular flexibility index (Phi) is 3.34. The van der Waals surface area contributed by atoms with Gasteiger partial charge >= 0.3 is 5.97 Å². The van der Waals surface area contributed by atoms with Gasteiger partial charge in [0, 0.05) is 12.1 Å². The van der Waals surface area contributed by atoms with Crippen molar-refractivity contribution in [2.75, 3.05) is 19.4 Å². The summed E-state index contributed by atoms with van der Waals surface area (Å²) in [4.78, 5) is 24.2. The SMILES string of the molecule is CN(C)C(C(=O)O)c1ccc2c(c1)CCC(=O)N2. The number of anilines is 1. The van der Waals surface area contributed by atoms with Crippen LogP contribution >= 0.6 is 0 Å². The van der Waals surface area contributed by atoms with Crippen LogP contribution in [0.5, 0.6) is 0 Å². The molecule has 5 heteroatoms. The lowest BCUT2D eigenvalue weighted by molar-refractivity contribution is -0.142. The van der Waals surface area contributed by atoms with E-state index in [1.807, 2.05) is 6.07 Å². The van der Waals surface area contributed by atoms with E-state index in [0.717, 1.165) is 16.8 Å². The van der Waals surface area contributed by atoms with Crippen molar-refractivity contribution in [3.63, 3.8) is 0 Å². The first-order chi connectivity index (χ1) is 8.49. The molecule has 2 N–H and O–H groups in total. The Morgan fingerprint density at radius 1 is 1.39 bits per heavy atom. The Balaban J connectivity index is 2.36. The van der Waals surface area contributed by atoms with Gasteiger partial charge in [0.25, 0.3) is 0 Å². The summed E-state index contributed by atoms with van der Waals surface area (Å²) in [7, 11) is 3.47. The minimum absolute atomic E-state index is 0.0117. The number of carbonyl (C=O) groups is 2. The lowest BCUT2D eigenvalue weighted by atomic mass is 9.97. The van der Waals surface area contributed by atoms with Gasteiger partial charge in [0.15, 0.2) is 0 Å². The number of carboxylic acid groups (broad SMARTS) is 1. The molecule has 96 valence electrons. The maximum atomic E-state index is 11.3. The summed E-state index contributed by atoms with van der Waals surface area (Å²) in [6.45, 7) is 0. The minimum atomic E-state index is -0.875. The van der Waals surface area contributed by atoms with Gasteiger partial charge in [-0.2, -0.15) is 0 Å². The molecule has 0 saturated carbocycles. The number of aliphatic carboxylic acids is 1. The fourth-order valence-electron chi connectivity index (χ4n) is 2.24. The standard InChI is InChI=1S/C13H16N2O3/c1-15(2)12(13(17)18)9-3-5-10-8(7-9)4-6-11(16)14-10/h3,5,7,12H,4,6H2,1-2H3,(H,14,16)(H,17,18). The van der Waals surface area contributed by atoms with Crippen LogP contribution < -0.4 is 5.32 Å². The zero-order chi connectivity index (χ0) is 13.3. The summed E-state index contributed by atoms with van der Waals surface area (Å²) in [6.07, 6.45) is 1.12. The maximum Gasteiger partial charge on any atom is 0.325 e. The fraction of sp³-hybridized carbons (Fsp3) is 0.385. The van der Waals surface area contributed by atoms with Crippen LogP contribution in [0.25, 0.3) is 0 Å². The second kappa shape index (κ2) is 4.78. The largest absolute Gasteiger partial charge is 0.480 e. The lowest BCUT2D eigenvalue weighted by Crippen LogP contribution is -2.28. The highest BCUT2D eigenvalue weighted by Gasteiger charge is 2.24. The third-order valence-corrected chi connectivity index (χ3v) is 3.09. The van der Waals surface area contributed by atoms with Crippen LogP contribution in [-0.4, -0.2) is 36.0 Å². The first-order valence-electron chi connectivity index (χ1n) is 5.81. The van der Waals surface area contributed by atoms with E-state index in [4.69, 9.17) is 0 Å². The van der Waals surface area contributed by atoms with Crippen molar-refractivity contribution in [2.45, 2.75) is 18.9 Å². The van der Waals surface area contributed by atoms with E-state index in [2.05, 4.69) is 5.32 Å². The molecular formula is C13H16N2O3. The van der Waals surface area contributed by atoms with Gasteiger partial charge < -0.3 is 10.4 Å². The Morgan fingerprint density at radius 3 is 2.72 bits per heavy atom. The number of aryl methyl sites for hydroxylation is 1. The molecule has 0 aromatic heterocycles. The molecular weight excluding hydrogens is 232 g/mol. The van der Waals surface area contributed by atoms with E-state index in [-0.39, 0.29) is 5.91 Å². The summed E-state index contributed by atoms with van der Waals surface area (Å²) < 4.78 is 0. The predicted molar refractivity (Wildman–Crippen MR) is 67.5 cm³/mol. The van der Waals surface area contributed by atoms with E-state index in [9.17, 15) is 14.7 Å². The van der Waals surface area contributed by atoms with E-state index >= 15 is 0 Å². The monoisotopic (exact) mass is 248 g/mol. The van der Waals surface area contributed by atoms with Gasteiger partial charge in [-0.05, 0) is 37.7 Å². The van der Waals surface area contributed by atoms with Crippen LogP contribution in [0, 0.1) is 0 Å². The molecule has 1 heterocycles. The average molecular weight is 248 g/mol. The molecule has 1 aliphatic heterocycles. The minimum Gasteiger partial charge on any atom is -0.480 e. The molecule has 0 saturated heterocycles. The zero-order valence-corrected chi connectivity index (χ0v) is 10.4. The average Bonchev–Trinajstić information content (AvgIpc) is 2.28. The number of fused-ring (bicyclic) bond motifs is 1. The smallest absolute Gasteiger partial charge is 0.325 e. The number of nitrogens with one attached hydrogen (secondary N) is 1. The molecule has 0 bridgehead atoms. The molecule has 0 fully saturated rings. The van der Waals surface area contributed by atoms with E-state index in [0.29, 0.717) is 12.8 Å². The zero-order valence-electron chi connectivity index (χ0n) is 10.4. The first-order valence-corrected chi connectivity index (χ1v) is 5.81. The second-order valence-electron chi connectivity index (χ2n) is 4.67. The number of benzene rings is 1. The predicted octanol–water partition coefficient (Wildman–Crippen LogP) is 1.26. The van der Waals surface area contributed by atoms with Crippen LogP contribution in [0.2, 0.25) is 0 Å². The number of nitrogens with zero attached hydrogens (tertiary/aromatic N) is 1. The molecule has 1 unspecified atom stereocenters. The van der Waals surface area contributed by atoms with Gasteiger partial charge in [-0.15, -0.1) is 0 Å². The molecule has 0 radical (unpaired) electrons. The van der Waals surface area contributed by atoms with Gasteiger partial charge in [-0.1, -0.05) is 12.1 Å². The number of carbonyl (C=O) groups excluding carboxylic acids is 1. The summed E-state index contributed by atoms with van der Waals surface area (Å²) in [6, 6.07) is 4.74. The third kappa shape index (κ3) is 2.36. The Bertz CT molecular complexity index is 497. The summed E-state index contributed by atoms with van der Waals surface area (Å²) >= 11 is 0. The van der Waals surface area contributed by atoms with Gasteiger partial charge in [0.2, 0.25) is 5.91 Å². The van der Waals surface area contributed by atoms with Crippen LogP contribution in [0.4, 0.5) is 5.69 Å². The highest BCUT2D eigenvalue weighted by molar-refractivity contribution is 5.94. The van der Waals surface area contributed by atoms with Gasteiger partial charge in [-0.25, -0.2) is 0 Å². The number of hydrogen-bond donors (Lipinski definition) is 2. The van der Waals surface area contributed by atoms with Crippen molar-refractivity contribution in [1.29, 1.82) is 0 Å². The van der Waals surface area contributed by atoms with Gasteiger partial charge in [0.1, 0.15) is 6.04 Å². The molecule has 1 atom stereocenters. The summed E-state index contributed by atoms with van der Waals surface area (Å²) in [5.41, 5.74) is 2.53. The number of hydrogen-bond acceptors (Lipinski definition) is 3. The maximum absolute atomic E-state index is 11.3. The van der Waals surface area contributed by atoms with Crippen molar-refractivity contribution >= 4 is 17.6 Å². The Morgan fingerprint density at radius 2 is 2.11 bits per heavy atom. The Labute approximate surface area is 105 Å². The number of amides is 1. The molecule has 1 aromatic rings. The van der Waals surface area contributed by atoms with Crippen molar-refractivity contribution in [1.82, 2.24) is 4.90 Å². The van der Waals surface area contributed by atoms with Gasteiger partial charge in [-0.3, -0.25) is 14.5 Å². The molecule has 0 spiro atoms. The lowest BCUT2D eigenvalue weighted by Gasteiger charge is -2.23. The molecule has 18 heavy (non-hydrogen) atoms. The van der Waals surface area contributed by atoms with Crippen molar-refractivity contribution < 1.29 is 14.7 Å². The molecule has 1 amide bonds. The fourth-order valence-corrected chi connectivity index (χ4v) is 2.24. The van der Waals surface area contributed by atoms with Crippen LogP contribution in [-0.2, 0) is 16.0 Å². The van der Waals surface area contributed by atoms with Gasteiger partial charge in [0.05, 0.1) is 0 Å². The van der Waals surface area contributed by atoms with Crippen molar-refractivity contribution in [3.05, 3.63) is 29.3 Å². The second-order valence-corrected chi connectivity index (χ2v) is 4.67. The van der Waals surface area contributed by atoms with Crippen LogP contribution in [0.15, 0.2) is 18.2 Å². The highest BCUT2D eigenvalue weighted by Crippen LogP contribution is 2.27. The quantitative estimate of drug-likeness (QED) is 0.845. The highest BCUT2D eigenvalue weighted by atomic mass is 16.4. The topological polar surface area (TPSA) is 69.6 Å². The molecule has 5 nitrogen and oxygen atoms in total. The normalized spacial score (nSPS) is 16.1.